The summed E-state index contributed by atoms with van der Waals surface area (Å²) in [4.78, 5) is 18.2. The monoisotopic (exact) mass is 432 g/mol. The number of aliphatic hydroxyl groups excluding tert-OH is 1. The minimum Gasteiger partial charge on any atom is -0.424 e. The Kier molecular flexibility index (Phi) is 7.55. The zero-order valence-electron chi connectivity index (χ0n) is 18.5. The molecule has 1 N–H and O–H groups in total. The average molecular weight is 433 g/mol. The van der Waals surface area contributed by atoms with Gasteiger partial charge in [-0.15, -0.1) is 7.05 Å². The van der Waals surface area contributed by atoms with Crippen LogP contribution in [0.4, 0.5) is 0 Å². The van der Waals surface area contributed by atoms with Crippen LogP contribution in [0.15, 0.2) is 73.2 Å². The molecule has 1 aliphatic heterocycles. The Morgan fingerprint density at radius 1 is 0.750 bits per heavy atom. The van der Waals surface area contributed by atoms with Gasteiger partial charge in [0.25, 0.3) is 0 Å². The molecule has 0 saturated carbocycles. The number of hydrogen-bond donors (Lipinski definition) is 1. The molecule has 1 unspecified atom stereocenters. The van der Waals surface area contributed by atoms with E-state index in [0.717, 1.165) is 63.7 Å². The fraction of sp³-hybridized carbons (Fsp3) is 0.360. The van der Waals surface area contributed by atoms with Crippen molar-refractivity contribution in [2.24, 2.45) is 0 Å². The quantitative estimate of drug-likeness (QED) is 0.477. The van der Waals surface area contributed by atoms with Gasteiger partial charge in [0, 0.05) is 57.9 Å². The minimum atomic E-state index is -0.775. The summed E-state index contributed by atoms with van der Waals surface area (Å²) in [5.41, 5.74) is 2.76. The fourth-order valence-corrected chi connectivity index (χ4v) is 4.11. The van der Waals surface area contributed by atoms with Crippen molar-refractivity contribution in [1.29, 1.82) is 0 Å². The largest absolute Gasteiger partial charge is 0.424 e. The highest BCUT2D eigenvalue weighted by molar-refractivity contribution is 5.06. The van der Waals surface area contributed by atoms with Crippen LogP contribution in [-0.4, -0.2) is 73.6 Å². The summed E-state index contributed by atoms with van der Waals surface area (Å²) in [6.45, 7) is 6.48. The fourth-order valence-electron chi connectivity index (χ4n) is 4.11. The van der Waals surface area contributed by atoms with Gasteiger partial charge in [0.1, 0.15) is 5.69 Å². The van der Waals surface area contributed by atoms with E-state index in [2.05, 4.69) is 43.9 Å². The van der Waals surface area contributed by atoms with Gasteiger partial charge < -0.3 is 9.59 Å². The molecule has 0 bridgehead atoms. The zero-order chi connectivity index (χ0) is 22.2. The molecule has 0 amide bonds. The van der Waals surface area contributed by atoms with Crippen LogP contribution in [0, 0.1) is 7.05 Å². The summed E-state index contributed by atoms with van der Waals surface area (Å²) < 4.78 is 0.272. The molecule has 0 radical (unpaired) electrons. The molecule has 0 aliphatic carbocycles. The van der Waals surface area contributed by atoms with Crippen LogP contribution in [0.1, 0.15) is 23.3 Å². The van der Waals surface area contributed by atoms with Crippen LogP contribution in [0.25, 0.3) is 0 Å². The van der Waals surface area contributed by atoms with Gasteiger partial charge >= 0.3 is 0 Å². The van der Waals surface area contributed by atoms with Gasteiger partial charge in [-0.2, -0.15) is 0 Å². The Morgan fingerprint density at radius 2 is 1.25 bits per heavy atom. The summed E-state index contributed by atoms with van der Waals surface area (Å²) in [5.74, 6) is 0. The van der Waals surface area contributed by atoms with Crippen molar-refractivity contribution in [3.8, 4) is 0 Å². The van der Waals surface area contributed by atoms with E-state index in [1.165, 1.54) is 0 Å². The molecule has 32 heavy (non-hydrogen) atoms. The van der Waals surface area contributed by atoms with Crippen LogP contribution in [0.5, 0.6) is 0 Å². The number of nitrogens with zero attached hydrogens (tertiary/aromatic N) is 6. The van der Waals surface area contributed by atoms with Gasteiger partial charge in [-0.1, -0.05) is 18.2 Å². The third kappa shape index (κ3) is 5.95. The molecule has 4 rings (SSSR count). The average Bonchev–Trinajstić information content (AvgIpc) is 2.92. The second-order valence-corrected chi connectivity index (χ2v) is 8.49. The van der Waals surface area contributed by atoms with Crippen LogP contribution in [0.3, 0.4) is 0 Å². The van der Waals surface area contributed by atoms with Gasteiger partial charge in [0.15, 0.2) is 0 Å². The first-order valence-electron chi connectivity index (χ1n) is 11.2. The van der Waals surface area contributed by atoms with Crippen LogP contribution in [-0.2, 0) is 13.1 Å². The highest BCUT2D eigenvalue weighted by Crippen LogP contribution is 2.25. The number of pyridine rings is 3. The van der Waals surface area contributed by atoms with Crippen molar-refractivity contribution in [2.75, 3.05) is 39.3 Å². The van der Waals surface area contributed by atoms with Gasteiger partial charge in [-0.3, -0.25) is 24.8 Å². The second kappa shape index (κ2) is 10.7. The Bertz CT molecular complexity index is 887. The maximum absolute atomic E-state index is 11.3. The van der Waals surface area contributed by atoms with Crippen molar-refractivity contribution in [3.63, 3.8) is 0 Å². The van der Waals surface area contributed by atoms with Crippen LogP contribution in [0.2, 0.25) is 0 Å². The molecule has 7 nitrogen and oxygen atoms in total. The van der Waals surface area contributed by atoms with E-state index >= 15 is 0 Å². The topological polar surface area (TPSA) is 65.4 Å². The predicted octanol–water partition coefficient (Wildman–Crippen LogP) is 2.49. The smallest absolute Gasteiger partial charge is 0.210 e. The lowest BCUT2D eigenvalue weighted by Crippen LogP contribution is -2.51. The van der Waals surface area contributed by atoms with Crippen molar-refractivity contribution < 1.29 is 9.59 Å². The lowest BCUT2D eigenvalue weighted by Gasteiger charge is -2.46. The Labute approximate surface area is 190 Å². The number of rotatable bonds is 6. The lowest BCUT2D eigenvalue weighted by atomic mass is 10.2. The number of hydrogen-bond acceptors (Lipinski definition) is 6. The molecular formula is C25H32N6O. The third-order valence-electron chi connectivity index (χ3n) is 6.15. The van der Waals surface area contributed by atoms with Gasteiger partial charge in [-0.05, 0) is 36.4 Å². The summed E-state index contributed by atoms with van der Waals surface area (Å²) in [6.07, 6.45) is 4.63. The molecule has 7 heteroatoms. The van der Waals surface area contributed by atoms with Gasteiger partial charge in [0.2, 0.25) is 6.23 Å². The first-order chi connectivity index (χ1) is 15.6. The highest BCUT2D eigenvalue weighted by Gasteiger charge is 2.30. The van der Waals surface area contributed by atoms with E-state index in [0.29, 0.717) is 5.69 Å². The summed E-state index contributed by atoms with van der Waals surface area (Å²) >= 11 is 0. The number of aliphatic hydroxyl groups is 1. The molecule has 1 fully saturated rings. The third-order valence-corrected chi connectivity index (χ3v) is 6.15. The molecule has 168 valence electrons. The van der Waals surface area contributed by atoms with E-state index in [9.17, 15) is 5.11 Å². The summed E-state index contributed by atoms with van der Waals surface area (Å²) in [7, 11) is 4.49. The zero-order valence-corrected chi connectivity index (χ0v) is 18.5. The lowest BCUT2D eigenvalue weighted by molar-refractivity contribution is -0.938. The summed E-state index contributed by atoms with van der Waals surface area (Å²) in [5, 5.41) is 11.3. The highest BCUT2D eigenvalue weighted by atomic mass is 16.3. The molecule has 1 aliphatic rings. The number of quaternary nitrogens is 1. The van der Waals surface area contributed by atoms with E-state index < -0.39 is 6.23 Å². The first kappa shape index (κ1) is 22.5. The van der Waals surface area contributed by atoms with E-state index in [-0.39, 0.29) is 4.48 Å². The molecule has 4 heterocycles. The van der Waals surface area contributed by atoms with E-state index in [4.69, 9.17) is 0 Å². The van der Waals surface area contributed by atoms with Crippen molar-refractivity contribution >= 4 is 0 Å². The van der Waals surface area contributed by atoms with E-state index in [1.54, 1.807) is 6.20 Å². The standard InChI is InChI=1S/C25H32N6O/c1-31(25(32)24-10-4-7-13-28-24)18-16-29(20-22-8-2-5-11-26-22)14-15-30(17-19-31)21-23-9-3-6-12-27-23/h2-13,25,32H,1,14-21H2. The molecule has 0 spiro atoms. The Hall–Kier alpha value is -2.71. The summed E-state index contributed by atoms with van der Waals surface area (Å²) in [6, 6.07) is 17.7. The van der Waals surface area contributed by atoms with Gasteiger partial charge in [-0.25, -0.2) is 0 Å². The normalized spacial score (nSPS) is 18.9. The molecular weight excluding hydrogens is 400 g/mol. The SMILES string of the molecule is [CH2-][N+]1(C(O)c2ccccn2)CCN(Cc2ccccn2)CCN(Cc2ccccn2)CC1. The Morgan fingerprint density at radius 3 is 1.69 bits per heavy atom. The molecule has 1 saturated heterocycles. The second-order valence-electron chi connectivity index (χ2n) is 8.49. The van der Waals surface area contributed by atoms with Crippen molar-refractivity contribution in [3.05, 3.63) is 97.3 Å². The van der Waals surface area contributed by atoms with Gasteiger partial charge in [0.05, 0.1) is 24.5 Å². The molecule has 0 aromatic carbocycles. The molecule has 1 atom stereocenters. The van der Waals surface area contributed by atoms with Crippen LogP contribution >= 0.6 is 0 Å². The molecule has 3 aromatic heterocycles. The maximum atomic E-state index is 11.3. The maximum Gasteiger partial charge on any atom is 0.210 e. The first-order valence-corrected chi connectivity index (χ1v) is 11.2. The predicted molar refractivity (Wildman–Crippen MR) is 124 cm³/mol. The van der Waals surface area contributed by atoms with Crippen molar-refractivity contribution in [2.45, 2.75) is 19.3 Å². The molecule has 3 aromatic rings. The van der Waals surface area contributed by atoms with Crippen molar-refractivity contribution in [1.82, 2.24) is 24.8 Å². The number of aromatic nitrogens is 3. The Balaban J connectivity index is 1.54. The van der Waals surface area contributed by atoms with Crippen LogP contribution < -0.4 is 0 Å². The minimum absolute atomic E-state index is 0.272. The van der Waals surface area contributed by atoms with E-state index in [1.807, 2.05) is 54.9 Å².